The van der Waals surface area contributed by atoms with Crippen LogP contribution in [-0.4, -0.2) is 17.0 Å². The molecule has 0 amide bonds. The van der Waals surface area contributed by atoms with Crippen molar-refractivity contribution in [2.45, 2.75) is 0 Å². The van der Waals surface area contributed by atoms with E-state index in [1.165, 1.54) is 6.33 Å². The first-order valence-electron chi connectivity index (χ1n) is 7.02. The SMILES string of the molecule is CNc1cc(Nc2ccc(Nc3ccccc3)cc2)ncn1. The van der Waals surface area contributed by atoms with Crippen LogP contribution in [-0.2, 0) is 0 Å². The Kier molecular flexibility index (Phi) is 4.15. The molecule has 3 N–H and O–H groups in total. The van der Waals surface area contributed by atoms with Crippen LogP contribution < -0.4 is 16.0 Å². The van der Waals surface area contributed by atoms with Crippen LogP contribution in [0.25, 0.3) is 0 Å². The summed E-state index contributed by atoms with van der Waals surface area (Å²) in [5.41, 5.74) is 3.08. The summed E-state index contributed by atoms with van der Waals surface area (Å²) in [5, 5.41) is 9.59. The van der Waals surface area contributed by atoms with Gasteiger partial charge in [-0.25, -0.2) is 9.97 Å². The Bertz CT molecular complexity index is 726. The van der Waals surface area contributed by atoms with E-state index >= 15 is 0 Å². The van der Waals surface area contributed by atoms with Crippen LogP contribution in [0.5, 0.6) is 0 Å². The first-order chi connectivity index (χ1) is 10.8. The lowest BCUT2D eigenvalue weighted by atomic mass is 10.2. The van der Waals surface area contributed by atoms with E-state index in [4.69, 9.17) is 0 Å². The fourth-order valence-electron chi connectivity index (χ4n) is 2.04. The second-order valence-electron chi connectivity index (χ2n) is 4.73. The van der Waals surface area contributed by atoms with Crippen molar-refractivity contribution in [3.8, 4) is 0 Å². The van der Waals surface area contributed by atoms with Crippen molar-refractivity contribution in [3.05, 3.63) is 67.0 Å². The van der Waals surface area contributed by atoms with Crippen molar-refractivity contribution in [3.63, 3.8) is 0 Å². The largest absolute Gasteiger partial charge is 0.373 e. The predicted molar refractivity (Wildman–Crippen MR) is 91.0 cm³/mol. The fraction of sp³-hybridized carbons (Fsp3) is 0.0588. The van der Waals surface area contributed by atoms with Gasteiger partial charge >= 0.3 is 0 Å². The second kappa shape index (κ2) is 6.58. The molecule has 1 aromatic heterocycles. The minimum absolute atomic E-state index is 0.753. The van der Waals surface area contributed by atoms with Gasteiger partial charge in [0.25, 0.3) is 0 Å². The standard InChI is InChI=1S/C17H17N5/c1-18-16-11-17(20-12-19-16)22-15-9-7-14(8-10-15)21-13-5-3-2-4-6-13/h2-12,21H,1H3,(H2,18,19,20,22). The van der Waals surface area contributed by atoms with Crippen LogP contribution in [0.2, 0.25) is 0 Å². The maximum atomic E-state index is 4.19. The van der Waals surface area contributed by atoms with Crippen LogP contribution in [0, 0.1) is 0 Å². The Labute approximate surface area is 129 Å². The topological polar surface area (TPSA) is 61.9 Å². The molecule has 0 aliphatic carbocycles. The lowest BCUT2D eigenvalue weighted by Gasteiger charge is -2.09. The number of hydrogen-bond acceptors (Lipinski definition) is 5. The van der Waals surface area contributed by atoms with Gasteiger partial charge in [-0.1, -0.05) is 18.2 Å². The maximum absolute atomic E-state index is 4.19. The molecule has 0 atom stereocenters. The molecule has 110 valence electrons. The Morgan fingerprint density at radius 1 is 0.682 bits per heavy atom. The minimum Gasteiger partial charge on any atom is -0.373 e. The van der Waals surface area contributed by atoms with Gasteiger partial charge in [0, 0.05) is 30.2 Å². The molecule has 0 aliphatic rings. The van der Waals surface area contributed by atoms with Gasteiger partial charge in [-0.15, -0.1) is 0 Å². The van der Waals surface area contributed by atoms with E-state index in [1.54, 1.807) is 0 Å². The van der Waals surface area contributed by atoms with E-state index in [0.717, 1.165) is 28.7 Å². The summed E-state index contributed by atoms with van der Waals surface area (Å²) in [7, 11) is 1.83. The second-order valence-corrected chi connectivity index (χ2v) is 4.73. The molecule has 3 rings (SSSR count). The molecule has 0 aliphatic heterocycles. The monoisotopic (exact) mass is 291 g/mol. The molecular formula is C17H17N5. The van der Waals surface area contributed by atoms with Crippen molar-refractivity contribution in [2.75, 3.05) is 23.0 Å². The molecule has 5 nitrogen and oxygen atoms in total. The summed E-state index contributed by atoms with van der Waals surface area (Å²) in [5.74, 6) is 1.53. The smallest absolute Gasteiger partial charge is 0.135 e. The van der Waals surface area contributed by atoms with Crippen LogP contribution in [0.3, 0.4) is 0 Å². The predicted octanol–water partition coefficient (Wildman–Crippen LogP) is 4.01. The number of aromatic nitrogens is 2. The molecule has 2 aromatic carbocycles. The van der Waals surface area contributed by atoms with Crippen LogP contribution in [0.1, 0.15) is 0 Å². The number of hydrogen-bond donors (Lipinski definition) is 3. The summed E-state index contributed by atoms with van der Waals surface area (Å²) in [4.78, 5) is 8.28. The Morgan fingerprint density at radius 2 is 1.27 bits per heavy atom. The normalized spacial score (nSPS) is 10.0. The van der Waals surface area contributed by atoms with E-state index in [1.807, 2.05) is 67.7 Å². The van der Waals surface area contributed by atoms with Gasteiger partial charge < -0.3 is 16.0 Å². The number of para-hydroxylation sites is 1. The lowest BCUT2D eigenvalue weighted by molar-refractivity contribution is 1.16. The van der Waals surface area contributed by atoms with Gasteiger partial charge in [-0.2, -0.15) is 0 Å². The zero-order valence-electron chi connectivity index (χ0n) is 12.2. The van der Waals surface area contributed by atoms with Crippen molar-refractivity contribution < 1.29 is 0 Å². The van der Waals surface area contributed by atoms with Gasteiger partial charge in [0.05, 0.1) is 0 Å². The van der Waals surface area contributed by atoms with Crippen molar-refractivity contribution in [2.24, 2.45) is 0 Å². The average Bonchev–Trinajstić information content (AvgIpc) is 2.58. The van der Waals surface area contributed by atoms with E-state index in [9.17, 15) is 0 Å². The van der Waals surface area contributed by atoms with E-state index in [-0.39, 0.29) is 0 Å². The maximum Gasteiger partial charge on any atom is 0.135 e. The highest BCUT2D eigenvalue weighted by molar-refractivity contribution is 5.65. The summed E-state index contributed by atoms with van der Waals surface area (Å²) in [6.07, 6.45) is 1.53. The number of nitrogens with one attached hydrogen (secondary N) is 3. The third-order valence-electron chi connectivity index (χ3n) is 3.14. The molecular weight excluding hydrogens is 274 g/mol. The first-order valence-corrected chi connectivity index (χ1v) is 7.02. The third-order valence-corrected chi connectivity index (χ3v) is 3.14. The molecule has 0 unspecified atom stereocenters. The molecule has 0 fully saturated rings. The molecule has 22 heavy (non-hydrogen) atoms. The van der Waals surface area contributed by atoms with Gasteiger partial charge in [-0.3, -0.25) is 0 Å². The average molecular weight is 291 g/mol. The molecule has 0 radical (unpaired) electrons. The van der Waals surface area contributed by atoms with Crippen LogP contribution in [0.4, 0.5) is 28.7 Å². The lowest BCUT2D eigenvalue weighted by Crippen LogP contribution is -1.98. The molecule has 0 spiro atoms. The first kappa shape index (κ1) is 13.9. The molecule has 1 heterocycles. The van der Waals surface area contributed by atoms with Gasteiger partial charge in [0.15, 0.2) is 0 Å². The minimum atomic E-state index is 0.753. The van der Waals surface area contributed by atoms with Crippen molar-refractivity contribution in [1.29, 1.82) is 0 Å². The summed E-state index contributed by atoms with van der Waals surface area (Å²) < 4.78 is 0. The highest BCUT2D eigenvalue weighted by atomic mass is 15.1. The zero-order chi connectivity index (χ0) is 15.2. The fourth-order valence-corrected chi connectivity index (χ4v) is 2.04. The summed E-state index contributed by atoms with van der Waals surface area (Å²) >= 11 is 0. The third kappa shape index (κ3) is 3.52. The highest BCUT2D eigenvalue weighted by Crippen LogP contribution is 2.21. The number of rotatable bonds is 5. The van der Waals surface area contributed by atoms with Gasteiger partial charge in [0.1, 0.15) is 18.0 Å². The van der Waals surface area contributed by atoms with E-state index in [0.29, 0.717) is 0 Å². The summed E-state index contributed by atoms with van der Waals surface area (Å²) in [6, 6.07) is 20.0. The van der Waals surface area contributed by atoms with Crippen LogP contribution in [0.15, 0.2) is 67.0 Å². The summed E-state index contributed by atoms with van der Waals surface area (Å²) in [6.45, 7) is 0. The Morgan fingerprint density at radius 3 is 1.95 bits per heavy atom. The Hall–Kier alpha value is -3.08. The molecule has 5 heteroatoms. The number of benzene rings is 2. The van der Waals surface area contributed by atoms with Crippen molar-refractivity contribution in [1.82, 2.24) is 9.97 Å². The van der Waals surface area contributed by atoms with Crippen molar-refractivity contribution >= 4 is 28.7 Å². The quantitative estimate of drug-likeness (QED) is 0.663. The molecule has 0 saturated heterocycles. The highest BCUT2D eigenvalue weighted by Gasteiger charge is 1.99. The number of anilines is 5. The zero-order valence-corrected chi connectivity index (χ0v) is 12.2. The van der Waals surface area contributed by atoms with Gasteiger partial charge in [-0.05, 0) is 36.4 Å². The van der Waals surface area contributed by atoms with Crippen LogP contribution >= 0.6 is 0 Å². The molecule has 0 bridgehead atoms. The van der Waals surface area contributed by atoms with Gasteiger partial charge in [0.2, 0.25) is 0 Å². The Balaban J connectivity index is 1.68. The molecule has 3 aromatic rings. The van der Waals surface area contributed by atoms with E-state index in [2.05, 4.69) is 25.9 Å². The number of nitrogens with zero attached hydrogens (tertiary/aromatic N) is 2. The molecule has 0 saturated carbocycles. The van der Waals surface area contributed by atoms with E-state index < -0.39 is 0 Å².